The lowest BCUT2D eigenvalue weighted by Crippen LogP contribution is -2.42. The SMILES string of the molecule is CC(=O)SCCN(CCC1CCCCC1)C(=O)NCc1csc(C)n1. The summed E-state index contributed by atoms with van der Waals surface area (Å²) < 4.78 is 0. The molecule has 140 valence electrons. The fourth-order valence-electron chi connectivity index (χ4n) is 3.20. The van der Waals surface area contributed by atoms with E-state index in [0.717, 1.165) is 29.6 Å². The highest BCUT2D eigenvalue weighted by Crippen LogP contribution is 2.26. The lowest BCUT2D eigenvalue weighted by atomic mass is 9.87. The van der Waals surface area contributed by atoms with Crippen molar-refractivity contribution in [2.24, 2.45) is 5.92 Å². The van der Waals surface area contributed by atoms with Gasteiger partial charge in [0.1, 0.15) is 0 Å². The van der Waals surface area contributed by atoms with Gasteiger partial charge < -0.3 is 10.2 Å². The van der Waals surface area contributed by atoms with Crippen LogP contribution in [-0.4, -0.2) is 39.9 Å². The Hall–Kier alpha value is -1.08. The van der Waals surface area contributed by atoms with E-state index in [1.165, 1.54) is 43.9 Å². The predicted octanol–water partition coefficient (Wildman–Crippen LogP) is 4.21. The predicted molar refractivity (Wildman–Crippen MR) is 105 cm³/mol. The van der Waals surface area contributed by atoms with Gasteiger partial charge in [0.15, 0.2) is 5.12 Å². The van der Waals surface area contributed by atoms with E-state index >= 15 is 0 Å². The van der Waals surface area contributed by atoms with Crippen molar-refractivity contribution in [1.29, 1.82) is 0 Å². The van der Waals surface area contributed by atoms with Crippen LogP contribution < -0.4 is 5.32 Å². The molecule has 1 aromatic heterocycles. The highest BCUT2D eigenvalue weighted by atomic mass is 32.2. The monoisotopic (exact) mass is 383 g/mol. The van der Waals surface area contributed by atoms with Crippen LogP contribution in [0.4, 0.5) is 4.79 Å². The Morgan fingerprint density at radius 2 is 2.08 bits per heavy atom. The molecule has 1 aliphatic carbocycles. The average Bonchev–Trinajstić information content (AvgIpc) is 3.02. The number of aryl methyl sites for hydroxylation is 1. The second-order valence-electron chi connectivity index (χ2n) is 6.64. The molecule has 2 rings (SSSR count). The zero-order chi connectivity index (χ0) is 18.1. The fourth-order valence-corrected chi connectivity index (χ4v) is 4.41. The van der Waals surface area contributed by atoms with Crippen molar-refractivity contribution in [3.05, 3.63) is 16.1 Å². The molecule has 0 spiro atoms. The van der Waals surface area contributed by atoms with Crippen LogP contribution in [0, 0.1) is 12.8 Å². The van der Waals surface area contributed by atoms with E-state index in [-0.39, 0.29) is 11.1 Å². The molecule has 1 heterocycles. The number of urea groups is 1. The number of nitrogens with one attached hydrogen (secondary N) is 1. The van der Waals surface area contributed by atoms with Crippen molar-refractivity contribution in [1.82, 2.24) is 15.2 Å². The second kappa shape index (κ2) is 10.8. The van der Waals surface area contributed by atoms with Gasteiger partial charge in [0.2, 0.25) is 0 Å². The second-order valence-corrected chi connectivity index (χ2v) is 8.97. The zero-order valence-electron chi connectivity index (χ0n) is 15.3. The van der Waals surface area contributed by atoms with Gasteiger partial charge in [-0.15, -0.1) is 11.3 Å². The third-order valence-corrected chi connectivity index (χ3v) is 6.19. The fraction of sp³-hybridized carbons (Fsp3) is 0.722. The van der Waals surface area contributed by atoms with E-state index < -0.39 is 0 Å². The van der Waals surface area contributed by atoms with E-state index in [1.54, 1.807) is 18.3 Å². The van der Waals surface area contributed by atoms with Gasteiger partial charge in [-0.2, -0.15) is 0 Å². The zero-order valence-corrected chi connectivity index (χ0v) is 16.9. The lowest BCUT2D eigenvalue weighted by Gasteiger charge is -2.27. The van der Waals surface area contributed by atoms with Gasteiger partial charge in [0, 0.05) is 31.1 Å². The molecule has 1 aliphatic rings. The normalized spacial score (nSPS) is 15.1. The van der Waals surface area contributed by atoms with Crippen LogP contribution in [0.3, 0.4) is 0 Å². The Kier molecular flexibility index (Phi) is 8.75. The average molecular weight is 384 g/mol. The first-order chi connectivity index (χ1) is 12.0. The van der Waals surface area contributed by atoms with E-state index in [1.807, 2.05) is 17.2 Å². The minimum absolute atomic E-state index is 0.0504. The number of amides is 2. The minimum Gasteiger partial charge on any atom is -0.332 e. The van der Waals surface area contributed by atoms with Crippen LogP contribution in [0.2, 0.25) is 0 Å². The topological polar surface area (TPSA) is 62.3 Å². The molecule has 0 aromatic carbocycles. The van der Waals surface area contributed by atoms with Crippen molar-refractivity contribution in [2.75, 3.05) is 18.8 Å². The maximum absolute atomic E-state index is 12.6. The van der Waals surface area contributed by atoms with Crippen molar-refractivity contribution < 1.29 is 9.59 Å². The Morgan fingerprint density at radius 1 is 1.32 bits per heavy atom. The Balaban J connectivity index is 1.82. The number of hydrogen-bond acceptors (Lipinski definition) is 5. The van der Waals surface area contributed by atoms with Gasteiger partial charge >= 0.3 is 6.03 Å². The molecule has 1 fully saturated rings. The molecule has 2 amide bonds. The highest BCUT2D eigenvalue weighted by Gasteiger charge is 2.18. The maximum Gasteiger partial charge on any atom is 0.317 e. The molecule has 0 atom stereocenters. The number of nitrogens with zero attached hydrogens (tertiary/aromatic N) is 2. The molecule has 1 aromatic rings. The van der Waals surface area contributed by atoms with Crippen molar-refractivity contribution in [3.63, 3.8) is 0 Å². The van der Waals surface area contributed by atoms with Crippen LogP contribution >= 0.6 is 23.1 Å². The number of hydrogen-bond donors (Lipinski definition) is 1. The van der Waals surface area contributed by atoms with Crippen LogP contribution in [0.5, 0.6) is 0 Å². The summed E-state index contributed by atoms with van der Waals surface area (Å²) in [5, 5.41) is 6.07. The first-order valence-corrected chi connectivity index (χ1v) is 11.0. The van der Waals surface area contributed by atoms with Crippen molar-refractivity contribution >= 4 is 34.2 Å². The smallest absolute Gasteiger partial charge is 0.317 e. The number of carbonyl (C=O) groups excluding carboxylic acids is 2. The highest BCUT2D eigenvalue weighted by molar-refractivity contribution is 8.13. The lowest BCUT2D eigenvalue weighted by molar-refractivity contribution is -0.109. The summed E-state index contributed by atoms with van der Waals surface area (Å²) >= 11 is 2.88. The number of aromatic nitrogens is 1. The number of thioether (sulfide) groups is 1. The minimum atomic E-state index is -0.0504. The molecular formula is C18H29N3O2S2. The van der Waals surface area contributed by atoms with E-state index in [9.17, 15) is 9.59 Å². The molecule has 7 heteroatoms. The molecule has 1 saturated carbocycles. The van der Waals surface area contributed by atoms with Gasteiger partial charge in [-0.25, -0.2) is 9.78 Å². The van der Waals surface area contributed by atoms with E-state index in [2.05, 4.69) is 10.3 Å². The van der Waals surface area contributed by atoms with Gasteiger partial charge in [0.25, 0.3) is 0 Å². The first kappa shape index (κ1) is 20.2. The third kappa shape index (κ3) is 7.77. The summed E-state index contributed by atoms with van der Waals surface area (Å²) in [5.74, 6) is 1.40. The van der Waals surface area contributed by atoms with Crippen molar-refractivity contribution in [3.8, 4) is 0 Å². The van der Waals surface area contributed by atoms with E-state index in [4.69, 9.17) is 0 Å². The third-order valence-electron chi connectivity index (χ3n) is 4.57. The van der Waals surface area contributed by atoms with Gasteiger partial charge in [-0.1, -0.05) is 43.9 Å². The molecule has 0 saturated heterocycles. The quantitative estimate of drug-likeness (QED) is 0.730. The molecule has 5 nitrogen and oxygen atoms in total. The largest absolute Gasteiger partial charge is 0.332 e. The maximum atomic E-state index is 12.6. The summed E-state index contributed by atoms with van der Waals surface area (Å²) in [6.45, 7) is 5.38. The van der Waals surface area contributed by atoms with Gasteiger partial charge in [-0.3, -0.25) is 4.79 Å². The van der Waals surface area contributed by atoms with Gasteiger partial charge in [0.05, 0.1) is 17.2 Å². The molecule has 0 unspecified atom stereocenters. The summed E-state index contributed by atoms with van der Waals surface area (Å²) in [6, 6.07) is -0.0504. The Morgan fingerprint density at radius 3 is 2.72 bits per heavy atom. The summed E-state index contributed by atoms with van der Waals surface area (Å²) in [5.41, 5.74) is 0.904. The molecular weight excluding hydrogens is 354 g/mol. The van der Waals surface area contributed by atoms with E-state index in [0.29, 0.717) is 18.8 Å². The summed E-state index contributed by atoms with van der Waals surface area (Å²) in [4.78, 5) is 30.0. The van der Waals surface area contributed by atoms with Crippen LogP contribution in [0.15, 0.2) is 5.38 Å². The van der Waals surface area contributed by atoms with Crippen LogP contribution in [0.25, 0.3) is 0 Å². The summed E-state index contributed by atoms with van der Waals surface area (Å²) in [7, 11) is 0. The van der Waals surface area contributed by atoms with Crippen LogP contribution in [-0.2, 0) is 11.3 Å². The molecule has 0 bridgehead atoms. The Bertz CT molecular complexity index is 556. The molecule has 0 radical (unpaired) electrons. The number of thiazole rings is 1. The molecule has 25 heavy (non-hydrogen) atoms. The van der Waals surface area contributed by atoms with Gasteiger partial charge in [-0.05, 0) is 19.3 Å². The molecule has 1 N–H and O–H groups in total. The number of carbonyl (C=O) groups is 2. The van der Waals surface area contributed by atoms with Crippen molar-refractivity contribution in [2.45, 2.75) is 58.9 Å². The molecule has 0 aliphatic heterocycles. The first-order valence-electron chi connectivity index (χ1n) is 9.11. The van der Waals surface area contributed by atoms with Crippen LogP contribution in [0.1, 0.15) is 56.2 Å². The Labute approximate surface area is 159 Å². The number of rotatable bonds is 8. The standard InChI is InChI=1S/C18H29N3O2S2/c1-14-20-17(13-25-14)12-19-18(23)21(10-11-24-15(2)22)9-8-16-6-4-3-5-7-16/h13,16H,3-12H2,1-2H3,(H,19,23). The summed E-state index contributed by atoms with van der Waals surface area (Å²) in [6.07, 6.45) is 7.63.